The van der Waals surface area contributed by atoms with Crippen molar-refractivity contribution in [2.24, 2.45) is 0 Å². The van der Waals surface area contributed by atoms with E-state index in [0.29, 0.717) is 0 Å². The van der Waals surface area contributed by atoms with Crippen molar-refractivity contribution in [3.8, 4) is 0 Å². The van der Waals surface area contributed by atoms with Gasteiger partial charge in [0.2, 0.25) is 5.91 Å². The minimum absolute atomic E-state index is 0.0271. The van der Waals surface area contributed by atoms with E-state index in [1.54, 1.807) is 0 Å². The highest BCUT2D eigenvalue weighted by atomic mass is 16.2. The van der Waals surface area contributed by atoms with Gasteiger partial charge in [-0.15, -0.1) is 6.58 Å². The van der Waals surface area contributed by atoms with Crippen LogP contribution in [-0.2, 0) is 4.79 Å². The first-order valence-electron chi connectivity index (χ1n) is 7.28. The maximum atomic E-state index is 12.8. The van der Waals surface area contributed by atoms with Crippen LogP contribution in [0, 0.1) is 0 Å². The van der Waals surface area contributed by atoms with Crippen LogP contribution in [0.5, 0.6) is 0 Å². The third-order valence-electron chi connectivity index (χ3n) is 4.01. The molecule has 2 atom stereocenters. The molecule has 1 fully saturated rings. The van der Waals surface area contributed by atoms with Gasteiger partial charge in [0, 0.05) is 19.0 Å². The molecule has 3 heteroatoms. The Morgan fingerprint density at radius 1 is 1.25 bits per heavy atom. The van der Waals surface area contributed by atoms with E-state index in [9.17, 15) is 4.79 Å². The summed E-state index contributed by atoms with van der Waals surface area (Å²) in [7, 11) is 3.94. The van der Waals surface area contributed by atoms with Gasteiger partial charge in [-0.25, -0.2) is 0 Å². The van der Waals surface area contributed by atoms with Gasteiger partial charge in [0.1, 0.15) is 0 Å². The molecule has 1 amide bonds. The Labute approximate surface area is 121 Å². The molecule has 0 spiro atoms. The Balaban J connectivity index is 2.26. The van der Waals surface area contributed by atoms with Crippen molar-refractivity contribution in [2.45, 2.75) is 24.8 Å². The maximum Gasteiger partial charge on any atom is 0.240 e. The van der Waals surface area contributed by atoms with E-state index >= 15 is 0 Å². The second-order valence-electron chi connectivity index (χ2n) is 5.61. The number of likely N-dealkylation sites (N-methyl/N-ethyl adjacent to an activating group) is 1. The first kappa shape index (κ1) is 14.8. The van der Waals surface area contributed by atoms with Crippen LogP contribution < -0.4 is 0 Å². The number of carbonyl (C=O) groups excluding carboxylic acids is 1. The third-order valence-corrected chi connectivity index (χ3v) is 4.01. The molecule has 1 aromatic rings. The van der Waals surface area contributed by atoms with Crippen LogP contribution in [0.3, 0.4) is 0 Å². The fraction of sp³-hybridized carbons (Fsp3) is 0.471. The van der Waals surface area contributed by atoms with E-state index in [1.807, 2.05) is 48.2 Å². The molecule has 0 radical (unpaired) electrons. The molecule has 1 aromatic carbocycles. The molecule has 0 bridgehead atoms. The van der Waals surface area contributed by atoms with Crippen LogP contribution in [0.1, 0.15) is 24.3 Å². The Kier molecular flexibility index (Phi) is 4.96. The van der Waals surface area contributed by atoms with E-state index in [1.165, 1.54) is 0 Å². The van der Waals surface area contributed by atoms with Gasteiger partial charge in [-0.1, -0.05) is 36.4 Å². The van der Waals surface area contributed by atoms with Crippen molar-refractivity contribution in [3.63, 3.8) is 0 Å². The summed E-state index contributed by atoms with van der Waals surface area (Å²) in [6.07, 6.45) is 4.14. The smallest absolute Gasteiger partial charge is 0.240 e. The summed E-state index contributed by atoms with van der Waals surface area (Å²) in [6, 6.07) is 9.99. The van der Waals surface area contributed by atoms with Gasteiger partial charge in [-0.3, -0.25) is 9.69 Å². The zero-order chi connectivity index (χ0) is 14.5. The van der Waals surface area contributed by atoms with Crippen molar-refractivity contribution in [3.05, 3.63) is 48.6 Å². The number of rotatable bonds is 5. The first-order valence-corrected chi connectivity index (χ1v) is 7.28. The van der Waals surface area contributed by atoms with E-state index in [4.69, 9.17) is 0 Å². The summed E-state index contributed by atoms with van der Waals surface area (Å²) in [5.74, 6) is 0.251. The molecule has 1 aliphatic rings. The van der Waals surface area contributed by atoms with Gasteiger partial charge < -0.3 is 4.90 Å². The first-order chi connectivity index (χ1) is 9.65. The van der Waals surface area contributed by atoms with Gasteiger partial charge >= 0.3 is 0 Å². The molecule has 20 heavy (non-hydrogen) atoms. The van der Waals surface area contributed by atoms with E-state index in [-0.39, 0.29) is 17.9 Å². The highest BCUT2D eigenvalue weighted by Gasteiger charge is 2.33. The number of carbonyl (C=O) groups is 1. The number of hydrogen-bond donors (Lipinski definition) is 0. The maximum absolute atomic E-state index is 12.8. The van der Waals surface area contributed by atoms with Crippen LogP contribution in [0.4, 0.5) is 0 Å². The molecule has 2 rings (SSSR count). The zero-order valence-corrected chi connectivity index (χ0v) is 12.5. The number of likely N-dealkylation sites (tertiary alicyclic amines) is 1. The lowest BCUT2D eigenvalue weighted by molar-refractivity contribution is -0.135. The fourth-order valence-electron chi connectivity index (χ4n) is 2.94. The van der Waals surface area contributed by atoms with Crippen molar-refractivity contribution < 1.29 is 4.79 Å². The van der Waals surface area contributed by atoms with E-state index < -0.39 is 0 Å². The molecule has 0 N–H and O–H groups in total. The molecule has 3 nitrogen and oxygen atoms in total. The minimum Gasteiger partial charge on any atom is -0.341 e. The minimum atomic E-state index is -0.173. The van der Waals surface area contributed by atoms with Crippen molar-refractivity contribution in [2.75, 3.05) is 27.2 Å². The monoisotopic (exact) mass is 272 g/mol. The SMILES string of the molecule is C=CC(c1ccccc1)C(C(=O)N1CCCC1)N(C)C. The van der Waals surface area contributed by atoms with Crippen LogP contribution in [0.2, 0.25) is 0 Å². The lowest BCUT2D eigenvalue weighted by Crippen LogP contribution is -2.47. The summed E-state index contributed by atoms with van der Waals surface area (Å²) in [5.41, 5.74) is 1.15. The highest BCUT2D eigenvalue weighted by molar-refractivity contribution is 5.83. The average Bonchev–Trinajstić information content (AvgIpc) is 2.98. The molecular weight excluding hydrogens is 248 g/mol. The average molecular weight is 272 g/mol. The number of benzene rings is 1. The highest BCUT2D eigenvalue weighted by Crippen LogP contribution is 2.26. The van der Waals surface area contributed by atoms with Crippen molar-refractivity contribution >= 4 is 5.91 Å². The van der Waals surface area contributed by atoms with Crippen molar-refractivity contribution in [1.29, 1.82) is 0 Å². The van der Waals surface area contributed by atoms with Gasteiger partial charge in [0.25, 0.3) is 0 Å². The molecule has 1 heterocycles. The predicted octanol–water partition coefficient (Wildman–Crippen LogP) is 2.51. The van der Waals surface area contributed by atoms with E-state index in [2.05, 4.69) is 18.7 Å². The van der Waals surface area contributed by atoms with Gasteiger partial charge in [-0.2, -0.15) is 0 Å². The Bertz CT molecular complexity index is 449. The quantitative estimate of drug-likeness (QED) is 0.769. The molecule has 0 aliphatic carbocycles. The molecule has 0 saturated carbocycles. The lowest BCUT2D eigenvalue weighted by Gasteiger charge is -2.33. The summed E-state index contributed by atoms with van der Waals surface area (Å²) in [5, 5.41) is 0. The molecule has 0 aromatic heterocycles. The van der Waals surface area contributed by atoms with Crippen LogP contribution in [0.25, 0.3) is 0 Å². The fourth-order valence-corrected chi connectivity index (χ4v) is 2.94. The predicted molar refractivity (Wildman–Crippen MR) is 82.7 cm³/mol. The summed E-state index contributed by atoms with van der Waals surface area (Å²) >= 11 is 0. The second kappa shape index (κ2) is 6.71. The second-order valence-corrected chi connectivity index (χ2v) is 5.61. The van der Waals surface area contributed by atoms with Gasteiger partial charge in [0.15, 0.2) is 0 Å². The topological polar surface area (TPSA) is 23.6 Å². The Morgan fingerprint density at radius 2 is 1.85 bits per heavy atom. The van der Waals surface area contributed by atoms with Gasteiger partial charge in [-0.05, 0) is 32.5 Å². The molecule has 1 aliphatic heterocycles. The number of amides is 1. The van der Waals surface area contributed by atoms with E-state index in [0.717, 1.165) is 31.5 Å². The zero-order valence-electron chi connectivity index (χ0n) is 12.5. The Hall–Kier alpha value is -1.61. The molecular formula is C17H24N2O. The number of nitrogens with zero attached hydrogens (tertiary/aromatic N) is 2. The van der Waals surface area contributed by atoms with Crippen LogP contribution in [0.15, 0.2) is 43.0 Å². The standard InChI is InChI=1S/C17H24N2O/c1-4-15(14-10-6-5-7-11-14)16(18(2)3)17(20)19-12-8-9-13-19/h4-7,10-11,15-16H,1,8-9,12-13H2,2-3H3. The normalized spacial score (nSPS) is 18.1. The molecule has 108 valence electrons. The Morgan fingerprint density at radius 3 is 2.35 bits per heavy atom. The van der Waals surface area contributed by atoms with Crippen LogP contribution in [-0.4, -0.2) is 48.9 Å². The van der Waals surface area contributed by atoms with Gasteiger partial charge in [0.05, 0.1) is 6.04 Å². The third kappa shape index (κ3) is 3.10. The number of hydrogen-bond acceptors (Lipinski definition) is 2. The summed E-state index contributed by atoms with van der Waals surface area (Å²) in [4.78, 5) is 16.8. The van der Waals surface area contributed by atoms with Crippen molar-refractivity contribution in [1.82, 2.24) is 9.80 Å². The lowest BCUT2D eigenvalue weighted by atomic mass is 9.90. The molecule has 1 saturated heterocycles. The summed E-state index contributed by atoms with van der Waals surface area (Å²) < 4.78 is 0. The molecule has 2 unspecified atom stereocenters. The largest absolute Gasteiger partial charge is 0.341 e. The summed E-state index contributed by atoms with van der Waals surface area (Å²) in [6.45, 7) is 5.73. The van der Waals surface area contributed by atoms with Crippen LogP contribution >= 0.6 is 0 Å².